The topological polar surface area (TPSA) is 77.5 Å². The lowest BCUT2D eigenvalue weighted by atomic mass is 10.4. The number of thiophene rings is 1. The fourth-order valence-electron chi connectivity index (χ4n) is 1.30. The lowest BCUT2D eigenvalue weighted by Crippen LogP contribution is -2.29. The highest BCUT2D eigenvalue weighted by atomic mass is 32.1. The van der Waals surface area contributed by atoms with E-state index >= 15 is 0 Å². The van der Waals surface area contributed by atoms with Crippen LogP contribution < -0.4 is 11.3 Å². The van der Waals surface area contributed by atoms with E-state index in [2.05, 4.69) is 5.43 Å². The number of nitrogen functional groups attached to an aromatic ring is 1. The maximum Gasteiger partial charge on any atom is 0.275 e. The molecule has 2 aromatic rings. The van der Waals surface area contributed by atoms with Gasteiger partial charge in [-0.3, -0.25) is 10.2 Å². The van der Waals surface area contributed by atoms with Crippen LogP contribution in [0.4, 0.5) is 0 Å². The Balaban J connectivity index is 1.83. The molecule has 2 aromatic heterocycles. The van der Waals surface area contributed by atoms with Gasteiger partial charge in [-0.2, -0.15) is 0 Å². The molecular formula is C11H12N2O3S. The van der Waals surface area contributed by atoms with E-state index in [0.29, 0.717) is 18.1 Å². The van der Waals surface area contributed by atoms with Crippen LogP contribution in [0.3, 0.4) is 0 Å². The molecule has 0 unspecified atom stereocenters. The van der Waals surface area contributed by atoms with Gasteiger partial charge in [0.1, 0.15) is 12.4 Å². The number of amides is 1. The van der Waals surface area contributed by atoms with Gasteiger partial charge >= 0.3 is 0 Å². The second-order valence-corrected chi connectivity index (χ2v) is 4.48. The van der Waals surface area contributed by atoms with Gasteiger partial charge in [-0.05, 0) is 24.3 Å². The first-order valence-corrected chi connectivity index (χ1v) is 5.81. The van der Waals surface area contributed by atoms with Crippen LogP contribution in [0.5, 0.6) is 0 Å². The summed E-state index contributed by atoms with van der Waals surface area (Å²) < 4.78 is 10.6. The third-order valence-corrected chi connectivity index (χ3v) is 3.14. The van der Waals surface area contributed by atoms with Crippen LogP contribution in [0.1, 0.15) is 20.3 Å². The third kappa shape index (κ3) is 3.16. The number of nitrogens with one attached hydrogen (secondary N) is 1. The predicted octanol–water partition coefficient (Wildman–Crippen LogP) is 1.66. The van der Waals surface area contributed by atoms with Crippen molar-refractivity contribution in [3.05, 3.63) is 46.0 Å². The average Bonchev–Trinajstić information content (AvgIpc) is 2.99. The number of carbonyl (C=O) groups is 1. The SMILES string of the molecule is NNC(=O)c1ccc(COCc2ccco2)s1. The monoisotopic (exact) mass is 252 g/mol. The molecule has 0 bridgehead atoms. The Hall–Kier alpha value is -1.63. The van der Waals surface area contributed by atoms with Crippen molar-refractivity contribution in [3.8, 4) is 0 Å². The summed E-state index contributed by atoms with van der Waals surface area (Å²) >= 11 is 1.36. The van der Waals surface area contributed by atoms with Crippen LogP contribution in [-0.4, -0.2) is 5.91 Å². The molecule has 5 nitrogen and oxygen atoms in total. The first-order valence-electron chi connectivity index (χ1n) is 4.99. The molecule has 2 heterocycles. The maximum absolute atomic E-state index is 11.2. The van der Waals surface area contributed by atoms with Gasteiger partial charge < -0.3 is 9.15 Å². The van der Waals surface area contributed by atoms with Gasteiger partial charge in [-0.15, -0.1) is 11.3 Å². The van der Waals surface area contributed by atoms with Crippen molar-refractivity contribution < 1.29 is 13.9 Å². The second kappa shape index (κ2) is 5.62. The molecule has 3 N–H and O–H groups in total. The number of rotatable bonds is 5. The Morgan fingerprint density at radius 2 is 2.29 bits per heavy atom. The van der Waals surface area contributed by atoms with Crippen LogP contribution >= 0.6 is 11.3 Å². The standard InChI is InChI=1S/C11H12N2O3S/c12-13-11(14)10-4-3-9(17-10)7-15-6-8-2-1-5-16-8/h1-5H,6-7,12H2,(H,13,14). The van der Waals surface area contributed by atoms with Gasteiger partial charge in [0.15, 0.2) is 0 Å². The number of hydrogen-bond acceptors (Lipinski definition) is 5. The van der Waals surface area contributed by atoms with Crippen molar-refractivity contribution in [2.45, 2.75) is 13.2 Å². The van der Waals surface area contributed by atoms with E-state index in [0.717, 1.165) is 10.6 Å². The summed E-state index contributed by atoms with van der Waals surface area (Å²) in [6, 6.07) is 7.23. The van der Waals surface area contributed by atoms with Crippen molar-refractivity contribution in [1.82, 2.24) is 5.43 Å². The summed E-state index contributed by atoms with van der Waals surface area (Å²) in [4.78, 5) is 12.7. The summed E-state index contributed by atoms with van der Waals surface area (Å²) in [7, 11) is 0. The van der Waals surface area contributed by atoms with Crippen LogP contribution in [0.25, 0.3) is 0 Å². The lowest BCUT2D eigenvalue weighted by Gasteiger charge is -1.99. The molecule has 0 spiro atoms. The zero-order chi connectivity index (χ0) is 12.1. The van der Waals surface area contributed by atoms with E-state index in [1.54, 1.807) is 12.3 Å². The molecule has 0 fully saturated rings. The van der Waals surface area contributed by atoms with E-state index in [1.807, 2.05) is 18.2 Å². The summed E-state index contributed by atoms with van der Waals surface area (Å²) in [5, 5.41) is 0. The molecule has 0 aliphatic carbocycles. The highest BCUT2D eigenvalue weighted by Gasteiger charge is 2.07. The van der Waals surface area contributed by atoms with E-state index in [1.165, 1.54) is 11.3 Å². The Bertz CT molecular complexity index is 479. The van der Waals surface area contributed by atoms with Gasteiger partial charge in [0, 0.05) is 4.88 Å². The smallest absolute Gasteiger partial charge is 0.275 e. The molecule has 0 atom stereocenters. The number of furan rings is 1. The molecule has 0 aromatic carbocycles. The zero-order valence-corrected chi connectivity index (χ0v) is 9.83. The van der Waals surface area contributed by atoms with Crippen molar-refractivity contribution in [2.75, 3.05) is 0 Å². The molecule has 0 aliphatic heterocycles. The molecule has 0 aliphatic rings. The number of hydrogen-bond donors (Lipinski definition) is 2. The number of hydrazine groups is 1. The molecule has 6 heteroatoms. The lowest BCUT2D eigenvalue weighted by molar-refractivity contribution is 0.0948. The molecule has 1 amide bonds. The normalized spacial score (nSPS) is 10.4. The summed E-state index contributed by atoms with van der Waals surface area (Å²) in [6.45, 7) is 0.868. The molecule has 90 valence electrons. The largest absolute Gasteiger partial charge is 0.467 e. The Labute approximate surface area is 102 Å². The van der Waals surface area contributed by atoms with Crippen LogP contribution in [0.15, 0.2) is 34.9 Å². The first kappa shape index (κ1) is 11.8. The van der Waals surface area contributed by atoms with E-state index in [4.69, 9.17) is 15.0 Å². The number of nitrogens with two attached hydrogens (primary N) is 1. The molecule has 17 heavy (non-hydrogen) atoms. The molecule has 2 rings (SSSR count). The predicted molar refractivity (Wildman–Crippen MR) is 63.2 cm³/mol. The summed E-state index contributed by atoms with van der Waals surface area (Å²) in [5.41, 5.74) is 2.09. The van der Waals surface area contributed by atoms with Gasteiger partial charge in [0.05, 0.1) is 17.7 Å². The van der Waals surface area contributed by atoms with E-state index in [9.17, 15) is 4.79 Å². The van der Waals surface area contributed by atoms with Gasteiger partial charge in [-0.25, -0.2) is 5.84 Å². The average molecular weight is 252 g/mol. The minimum absolute atomic E-state index is 0.285. The Morgan fingerprint density at radius 3 is 3.00 bits per heavy atom. The van der Waals surface area contributed by atoms with Gasteiger partial charge in [0.2, 0.25) is 0 Å². The van der Waals surface area contributed by atoms with Crippen molar-refractivity contribution >= 4 is 17.2 Å². The maximum atomic E-state index is 11.2. The minimum Gasteiger partial charge on any atom is -0.467 e. The third-order valence-electron chi connectivity index (χ3n) is 2.09. The summed E-state index contributed by atoms with van der Waals surface area (Å²) in [5.74, 6) is 5.54. The zero-order valence-electron chi connectivity index (χ0n) is 9.01. The minimum atomic E-state index is -0.285. The fourth-order valence-corrected chi connectivity index (χ4v) is 2.14. The van der Waals surface area contributed by atoms with Gasteiger partial charge in [-0.1, -0.05) is 0 Å². The highest BCUT2D eigenvalue weighted by Crippen LogP contribution is 2.17. The Morgan fingerprint density at radius 1 is 1.41 bits per heavy atom. The van der Waals surface area contributed by atoms with E-state index < -0.39 is 0 Å². The number of carbonyl (C=O) groups excluding carboxylic acids is 1. The van der Waals surface area contributed by atoms with Crippen molar-refractivity contribution in [2.24, 2.45) is 5.84 Å². The van der Waals surface area contributed by atoms with Crippen molar-refractivity contribution in [1.29, 1.82) is 0 Å². The highest BCUT2D eigenvalue weighted by molar-refractivity contribution is 7.14. The fraction of sp³-hybridized carbons (Fsp3) is 0.182. The number of ether oxygens (including phenoxy) is 1. The quantitative estimate of drug-likeness (QED) is 0.482. The molecular weight excluding hydrogens is 240 g/mol. The van der Waals surface area contributed by atoms with Gasteiger partial charge in [0.25, 0.3) is 5.91 Å². The molecule has 0 saturated carbocycles. The van der Waals surface area contributed by atoms with Crippen LogP contribution in [0.2, 0.25) is 0 Å². The summed E-state index contributed by atoms with van der Waals surface area (Å²) in [6.07, 6.45) is 1.60. The second-order valence-electron chi connectivity index (χ2n) is 3.31. The van der Waals surface area contributed by atoms with Crippen LogP contribution in [-0.2, 0) is 18.0 Å². The molecule has 0 saturated heterocycles. The molecule has 0 radical (unpaired) electrons. The first-order chi connectivity index (χ1) is 8.29. The van der Waals surface area contributed by atoms with E-state index in [-0.39, 0.29) is 5.91 Å². The van der Waals surface area contributed by atoms with Crippen molar-refractivity contribution in [3.63, 3.8) is 0 Å². The Kier molecular flexibility index (Phi) is 3.92. The van der Waals surface area contributed by atoms with Crippen LogP contribution in [0, 0.1) is 0 Å².